The van der Waals surface area contributed by atoms with Crippen molar-refractivity contribution < 1.29 is 42.1 Å². The number of hydrogen-bond donors (Lipinski definition) is 4. The molecule has 22 heteroatoms. The van der Waals surface area contributed by atoms with Crippen LogP contribution in [0, 0.1) is 22.5 Å². The number of nitrogens with one attached hydrogen (secondary N) is 2. The van der Waals surface area contributed by atoms with Crippen molar-refractivity contribution in [1.82, 2.24) is 49.8 Å². The van der Waals surface area contributed by atoms with Crippen molar-refractivity contribution in [3.63, 3.8) is 0 Å². The first-order valence-corrected chi connectivity index (χ1v) is 19.8. The summed E-state index contributed by atoms with van der Waals surface area (Å²) in [6.45, 7) is 5.68. The number of carbonyl (C=O) groups excluding carboxylic acids is 3. The Bertz CT molecular complexity index is 2840. The number of nitrogens with zero attached hydrogens (tertiary/aromatic N) is 10. The number of benzene rings is 2. The van der Waals surface area contributed by atoms with Crippen molar-refractivity contribution >= 4 is 35.3 Å². The average Bonchev–Trinajstić information content (AvgIpc) is 4.14. The molecule has 0 fully saturated rings. The van der Waals surface area contributed by atoms with Gasteiger partial charge in [-0.3, -0.25) is 28.5 Å². The van der Waals surface area contributed by atoms with E-state index in [-0.39, 0.29) is 48.0 Å². The van der Waals surface area contributed by atoms with Crippen LogP contribution in [0.1, 0.15) is 38.8 Å². The predicted molar refractivity (Wildman–Crippen MR) is 230 cm³/mol. The van der Waals surface area contributed by atoms with Gasteiger partial charge in [-0.25, -0.2) is 28.7 Å². The van der Waals surface area contributed by atoms with Gasteiger partial charge in [0.25, 0.3) is 0 Å². The number of carboxylic acids is 1. The van der Waals surface area contributed by atoms with E-state index in [0.29, 0.717) is 45.3 Å². The number of rotatable bonds is 14. The van der Waals surface area contributed by atoms with E-state index in [0.717, 1.165) is 0 Å². The van der Waals surface area contributed by atoms with E-state index in [1.54, 1.807) is 70.0 Å². The second-order valence-electron chi connectivity index (χ2n) is 15.5. The number of aromatic nitrogens is 10. The van der Waals surface area contributed by atoms with Crippen LogP contribution in [0.4, 0.5) is 20.4 Å². The summed E-state index contributed by atoms with van der Waals surface area (Å²) in [5, 5.41) is 31.2. The first-order valence-electron chi connectivity index (χ1n) is 19.8. The van der Waals surface area contributed by atoms with Crippen molar-refractivity contribution in [2.45, 2.75) is 40.8 Å². The van der Waals surface area contributed by atoms with Crippen LogP contribution >= 0.6 is 0 Å². The SMILES string of the molecule is CC(C)(C(=O)O)C(=O)Nc1ccnc(-c2cc(-c3ccon3)n(Cc3ccccc3F)n2)n1.CC(C)(C(N)=O)C(=O)Nc1ccnc(-c2cc(-c3ccon3)n(Cc3ccccc3F)n2)n1. The summed E-state index contributed by atoms with van der Waals surface area (Å²) in [7, 11) is 0. The molecule has 8 aromatic rings. The lowest BCUT2D eigenvalue weighted by molar-refractivity contribution is -0.151. The molecule has 6 heterocycles. The maximum atomic E-state index is 14.2. The van der Waals surface area contributed by atoms with Crippen LogP contribution in [0.2, 0.25) is 0 Å². The van der Waals surface area contributed by atoms with E-state index in [1.165, 1.54) is 76.9 Å². The molecule has 0 atom stereocenters. The summed E-state index contributed by atoms with van der Waals surface area (Å²) >= 11 is 0. The third kappa shape index (κ3) is 10.0. The van der Waals surface area contributed by atoms with Gasteiger partial charge in [0.2, 0.25) is 17.7 Å². The number of halogens is 2. The van der Waals surface area contributed by atoms with Gasteiger partial charge in [-0.05, 0) is 64.1 Å². The van der Waals surface area contributed by atoms with Gasteiger partial charge in [0.05, 0.1) is 24.5 Å². The van der Waals surface area contributed by atoms with Gasteiger partial charge in [0, 0.05) is 35.7 Å². The quantitative estimate of drug-likeness (QED) is 0.0930. The standard InChI is InChI=1S/C22H20FN7O3.C22H19FN6O4/c1-22(2,20(24)31)21(32)27-18-7-9-25-19(26-18)16-11-17(15-8-10-33-29-15)30(28-16)12-13-5-3-4-6-14(13)23;1-22(2,21(31)32)20(30)26-18-7-9-24-19(25-18)16-11-17(15-8-10-33-28-15)29(27-16)12-13-5-3-4-6-14(13)23/h3-11H,12H2,1-2H3,(H2,24,31)(H,25,26,27,32);3-11H,12H2,1-2H3,(H,31,32)(H,24,25,26,30). The lowest BCUT2D eigenvalue weighted by Gasteiger charge is -2.19. The molecule has 0 spiro atoms. The van der Waals surface area contributed by atoms with E-state index < -0.39 is 34.5 Å². The van der Waals surface area contributed by atoms with Crippen LogP contribution < -0.4 is 16.4 Å². The Hall–Kier alpha value is -8.82. The minimum Gasteiger partial charge on any atom is -0.480 e. The highest BCUT2D eigenvalue weighted by Crippen LogP contribution is 2.28. The summed E-state index contributed by atoms with van der Waals surface area (Å²) in [6.07, 6.45) is 5.69. The highest BCUT2D eigenvalue weighted by Gasteiger charge is 2.36. The van der Waals surface area contributed by atoms with Gasteiger partial charge in [0.1, 0.15) is 69.4 Å². The average molecular weight is 900 g/mol. The van der Waals surface area contributed by atoms with Crippen LogP contribution in [-0.2, 0) is 32.3 Å². The van der Waals surface area contributed by atoms with E-state index in [4.69, 9.17) is 14.8 Å². The van der Waals surface area contributed by atoms with Gasteiger partial charge >= 0.3 is 5.97 Å². The topological polar surface area (TPSA) is 278 Å². The highest BCUT2D eigenvalue weighted by molar-refractivity contribution is 6.09. The fraction of sp³-hybridized carbons (Fsp3) is 0.182. The van der Waals surface area contributed by atoms with Crippen LogP contribution in [0.3, 0.4) is 0 Å². The van der Waals surface area contributed by atoms with Gasteiger partial charge < -0.3 is 30.5 Å². The number of aliphatic carboxylic acids is 1. The van der Waals surface area contributed by atoms with Gasteiger partial charge in [-0.15, -0.1) is 0 Å². The molecule has 2 aromatic carbocycles. The molecule has 66 heavy (non-hydrogen) atoms. The van der Waals surface area contributed by atoms with Crippen LogP contribution in [0.25, 0.3) is 45.8 Å². The molecule has 0 saturated carbocycles. The Labute approximate surface area is 372 Å². The van der Waals surface area contributed by atoms with E-state index in [9.17, 15) is 33.1 Å². The molecule has 0 aliphatic heterocycles. The van der Waals surface area contributed by atoms with Crippen molar-refractivity contribution in [2.75, 3.05) is 10.6 Å². The van der Waals surface area contributed by atoms with Gasteiger partial charge in [-0.2, -0.15) is 10.2 Å². The Morgan fingerprint density at radius 1 is 0.636 bits per heavy atom. The molecule has 0 bridgehead atoms. The van der Waals surface area contributed by atoms with Crippen LogP contribution in [0.5, 0.6) is 0 Å². The van der Waals surface area contributed by atoms with Gasteiger partial charge in [0.15, 0.2) is 11.6 Å². The zero-order valence-corrected chi connectivity index (χ0v) is 35.5. The number of carboxylic acid groups (broad SMARTS) is 1. The molecule has 3 amide bonds. The second-order valence-corrected chi connectivity index (χ2v) is 15.5. The second kappa shape index (κ2) is 18.9. The number of hydrogen-bond acceptors (Lipinski definition) is 14. The van der Waals surface area contributed by atoms with Crippen molar-refractivity contribution in [2.24, 2.45) is 16.6 Å². The lowest BCUT2D eigenvalue weighted by atomic mass is 9.91. The molecule has 8 rings (SSSR count). The summed E-state index contributed by atoms with van der Waals surface area (Å²) in [5.74, 6) is -3.42. The van der Waals surface area contributed by atoms with E-state index >= 15 is 0 Å². The van der Waals surface area contributed by atoms with Crippen LogP contribution in [-0.4, -0.2) is 78.6 Å². The first kappa shape index (κ1) is 45.2. The molecule has 0 aliphatic carbocycles. The van der Waals surface area contributed by atoms with Crippen molar-refractivity contribution in [3.8, 4) is 45.8 Å². The number of carbonyl (C=O) groups is 4. The molecule has 336 valence electrons. The van der Waals surface area contributed by atoms with E-state index in [2.05, 4.69) is 51.1 Å². The largest absolute Gasteiger partial charge is 0.480 e. The third-order valence-electron chi connectivity index (χ3n) is 10.1. The molecule has 5 N–H and O–H groups in total. The van der Waals surface area contributed by atoms with Crippen LogP contribution in [0.15, 0.2) is 119 Å². The zero-order chi connectivity index (χ0) is 47.2. The number of primary amides is 1. The minimum atomic E-state index is -1.65. The Balaban J connectivity index is 0.000000196. The van der Waals surface area contributed by atoms with E-state index in [1.807, 2.05) is 0 Å². The van der Waals surface area contributed by atoms with Crippen molar-refractivity contribution in [1.29, 1.82) is 0 Å². The molecular weight excluding hydrogens is 861 g/mol. The van der Waals surface area contributed by atoms with Gasteiger partial charge in [-0.1, -0.05) is 46.7 Å². The summed E-state index contributed by atoms with van der Waals surface area (Å²) < 4.78 is 41.5. The molecule has 0 unspecified atom stereocenters. The Morgan fingerprint density at radius 2 is 1.06 bits per heavy atom. The number of amides is 3. The molecule has 0 saturated heterocycles. The fourth-order valence-electron chi connectivity index (χ4n) is 5.83. The Kier molecular flexibility index (Phi) is 12.9. The summed E-state index contributed by atoms with van der Waals surface area (Å²) in [4.78, 5) is 64.7. The molecule has 0 radical (unpaired) electrons. The summed E-state index contributed by atoms with van der Waals surface area (Å²) in [5.41, 5.74) is 5.90. The monoisotopic (exact) mass is 899 g/mol. The molecule has 6 aromatic heterocycles. The molecule has 20 nitrogen and oxygen atoms in total. The predicted octanol–water partition coefficient (Wildman–Crippen LogP) is 5.86. The first-order chi connectivity index (χ1) is 31.5. The lowest BCUT2D eigenvalue weighted by Crippen LogP contribution is -2.42. The highest BCUT2D eigenvalue weighted by atomic mass is 19.1. The zero-order valence-electron chi connectivity index (χ0n) is 35.5. The number of anilines is 2. The maximum Gasteiger partial charge on any atom is 0.318 e. The smallest absolute Gasteiger partial charge is 0.318 e. The minimum absolute atomic E-state index is 0.117. The summed E-state index contributed by atoms with van der Waals surface area (Å²) in [6, 6.07) is 22.3. The maximum absolute atomic E-state index is 14.2. The number of nitrogens with two attached hydrogens (primary N) is 1. The molecule has 0 aliphatic rings. The normalized spacial score (nSPS) is 11.4. The van der Waals surface area contributed by atoms with Crippen molar-refractivity contribution in [3.05, 3.63) is 133 Å². The Morgan fingerprint density at radius 3 is 1.44 bits per heavy atom. The third-order valence-corrected chi connectivity index (χ3v) is 10.1. The molecular formula is C44H39F2N13O7. The fourth-order valence-corrected chi connectivity index (χ4v) is 5.83.